The predicted molar refractivity (Wildman–Crippen MR) is 111 cm³/mol. The Kier molecular flexibility index (Phi) is 5.17. The van der Waals surface area contributed by atoms with Crippen LogP contribution < -0.4 is 5.32 Å². The van der Waals surface area contributed by atoms with Gasteiger partial charge in [0, 0.05) is 22.3 Å². The van der Waals surface area contributed by atoms with Crippen LogP contribution in [-0.2, 0) is 6.54 Å². The molecule has 1 aromatic heterocycles. The number of fused-ring (bicyclic) bond motifs is 1. The molecule has 0 aliphatic heterocycles. The highest BCUT2D eigenvalue weighted by Crippen LogP contribution is 2.36. The molecular formula is C23H19FN2OS. The summed E-state index contributed by atoms with van der Waals surface area (Å²) in [6.07, 6.45) is 0. The van der Waals surface area contributed by atoms with Crippen molar-refractivity contribution in [1.82, 2.24) is 10.3 Å². The predicted octanol–water partition coefficient (Wildman–Crippen LogP) is 5.70. The number of nitrogens with one attached hydrogen (secondary N) is 2. The number of halogens is 1. The maximum absolute atomic E-state index is 13.1. The van der Waals surface area contributed by atoms with Crippen molar-refractivity contribution in [3.8, 4) is 0 Å². The molecule has 0 unspecified atom stereocenters. The molecule has 28 heavy (non-hydrogen) atoms. The van der Waals surface area contributed by atoms with E-state index in [2.05, 4.69) is 41.5 Å². The summed E-state index contributed by atoms with van der Waals surface area (Å²) in [5.41, 5.74) is 3.50. The number of carbonyl (C=O) groups excluding carboxylic acids is 1. The van der Waals surface area contributed by atoms with Crippen molar-refractivity contribution in [1.29, 1.82) is 0 Å². The van der Waals surface area contributed by atoms with Crippen molar-refractivity contribution < 1.29 is 9.18 Å². The monoisotopic (exact) mass is 390 g/mol. The van der Waals surface area contributed by atoms with Crippen LogP contribution in [0.5, 0.6) is 0 Å². The van der Waals surface area contributed by atoms with Gasteiger partial charge in [-0.2, -0.15) is 0 Å². The van der Waals surface area contributed by atoms with Gasteiger partial charge in [-0.05, 0) is 42.8 Å². The highest BCUT2D eigenvalue weighted by atomic mass is 32.2. The van der Waals surface area contributed by atoms with Gasteiger partial charge >= 0.3 is 0 Å². The standard InChI is InChI=1S/C23H19FN2OS/c1-15-6-12-18(13-7-15)28-22-19-4-2-3-5-20(19)26-21(22)23(27)25-14-16-8-10-17(24)11-9-16/h2-13,26H,14H2,1H3,(H,25,27). The molecule has 5 heteroatoms. The molecule has 0 bridgehead atoms. The zero-order valence-electron chi connectivity index (χ0n) is 15.3. The van der Waals surface area contributed by atoms with Crippen LogP contribution in [0.2, 0.25) is 0 Å². The first kappa shape index (κ1) is 18.3. The maximum Gasteiger partial charge on any atom is 0.269 e. The summed E-state index contributed by atoms with van der Waals surface area (Å²) in [6, 6.07) is 22.2. The molecule has 3 nitrogen and oxygen atoms in total. The third-order valence-corrected chi connectivity index (χ3v) is 5.63. The number of aromatic amines is 1. The Bertz CT molecular complexity index is 1120. The number of carbonyl (C=O) groups is 1. The van der Waals surface area contributed by atoms with Crippen molar-refractivity contribution in [2.75, 3.05) is 0 Å². The van der Waals surface area contributed by atoms with E-state index in [0.717, 1.165) is 26.3 Å². The number of aromatic nitrogens is 1. The first-order valence-corrected chi connectivity index (χ1v) is 9.80. The highest BCUT2D eigenvalue weighted by molar-refractivity contribution is 7.99. The fourth-order valence-electron chi connectivity index (χ4n) is 2.98. The number of hydrogen-bond acceptors (Lipinski definition) is 2. The van der Waals surface area contributed by atoms with Gasteiger partial charge in [-0.25, -0.2) is 4.39 Å². The van der Waals surface area contributed by atoms with Gasteiger partial charge in [0.05, 0.1) is 4.90 Å². The average Bonchev–Trinajstić information content (AvgIpc) is 3.08. The smallest absolute Gasteiger partial charge is 0.269 e. The summed E-state index contributed by atoms with van der Waals surface area (Å²) < 4.78 is 13.1. The summed E-state index contributed by atoms with van der Waals surface area (Å²) in [7, 11) is 0. The maximum atomic E-state index is 13.1. The molecule has 0 radical (unpaired) electrons. The minimum Gasteiger partial charge on any atom is -0.350 e. The minimum absolute atomic E-state index is 0.185. The molecule has 2 N–H and O–H groups in total. The number of hydrogen-bond donors (Lipinski definition) is 2. The molecule has 0 saturated carbocycles. The van der Waals surface area contributed by atoms with Gasteiger partial charge in [-0.3, -0.25) is 4.79 Å². The molecule has 4 rings (SSSR count). The van der Waals surface area contributed by atoms with E-state index in [1.807, 2.05) is 24.3 Å². The second kappa shape index (κ2) is 7.90. The van der Waals surface area contributed by atoms with Crippen molar-refractivity contribution in [3.05, 3.63) is 95.4 Å². The zero-order chi connectivity index (χ0) is 19.5. The van der Waals surface area contributed by atoms with Crippen LogP contribution in [-0.4, -0.2) is 10.9 Å². The molecule has 1 heterocycles. The van der Waals surface area contributed by atoms with Crippen LogP contribution in [0.4, 0.5) is 4.39 Å². The molecule has 0 aliphatic rings. The van der Waals surface area contributed by atoms with Crippen LogP contribution >= 0.6 is 11.8 Å². The molecule has 0 atom stereocenters. The Balaban J connectivity index is 1.62. The van der Waals surface area contributed by atoms with Crippen LogP contribution in [0.3, 0.4) is 0 Å². The number of rotatable bonds is 5. The lowest BCUT2D eigenvalue weighted by Crippen LogP contribution is -2.23. The molecule has 4 aromatic rings. The minimum atomic E-state index is -0.289. The number of benzene rings is 3. The van der Waals surface area contributed by atoms with Crippen LogP contribution in [0.15, 0.2) is 82.6 Å². The lowest BCUT2D eigenvalue weighted by atomic mass is 10.2. The van der Waals surface area contributed by atoms with E-state index in [4.69, 9.17) is 0 Å². The van der Waals surface area contributed by atoms with Gasteiger partial charge < -0.3 is 10.3 Å². The summed E-state index contributed by atoms with van der Waals surface area (Å²) in [5.74, 6) is -0.474. The number of aryl methyl sites for hydroxylation is 1. The number of amides is 1. The van der Waals surface area contributed by atoms with Crippen LogP contribution in [0, 0.1) is 12.7 Å². The van der Waals surface area contributed by atoms with E-state index >= 15 is 0 Å². The zero-order valence-corrected chi connectivity index (χ0v) is 16.1. The van der Waals surface area contributed by atoms with Crippen LogP contribution in [0.25, 0.3) is 10.9 Å². The lowest BCUT2D eigenvalue weighted by molar-refractivity contribution is 0.0944. The number of H-pyrrole nitrogens is 1. The van der Waals surface area contributed by atoms with Crippen molar-refractivity contribution in [2.24, 2.45) is 0 Å². The summed E-state index contributed by atoms with van der Waals surface area (Å²) in [6.45, 7) is 2.39. The van der Waals surface area contributed by atoms with E-state index < -0.39 is 0 Å². The average molecular weight is 390 g/mol. The van der Waals surface area contributed by atoms with E-state index in [-0.39, 0.29) is 11.7 Å². The lowest BCUT2D eigenvalue weighted by Gasteiger charge is -2.07. The fourth-order valence-corrected chi connectivity index (χ4v) is 4.02. The summed E-state index contributed by atoms with van der Waals surface area (Å²) >= 11 is 1.57. The van der Waals surface area contributed by atoms with E-state index in [9.17, 15) is 9.18 Å². The summed E-state index contributed by atoms with van der Waals surface area (Å²) in [5, 5.41) is 3.94. The quantitative estimate of drug-likeness (QED) is 0.459. The molecule has 0 spiro atoms. The molecule has 140 valence electrons. The van der Waals surface area contributed by atoms with Crippen molar-refractivity contribution in [3.63, 3.8) is 0 Å². The van der Waals surface area contributed by atoms with Gasteiger partial charge in [0.25, 0.3) is 5.91 Å². The van der Waals surface area contributed by atoms with Gasteiger partial charge in [-0.1, -0.05) is 59.8 Å². The Labute approximate surface area is 167 Å². The Morgan fingerprint density at radius 1 is 1.00 bits per heavy atom. The third-order valence-electron chi connectivity index (χ3n) is 4.49. The Morgan fingerprint density at radius 2 is 1.71 bits per heavy atom. The largest absolute Gasteiger partial charge is 0.350 e. The Morgan fingerprint density at radius 3 is 2.46 bits per heavy atom. The molecular weight excluding hydrogens is 371 g/mol. The van der Waals surface area contributed by atoms with E-state index in [1.165, 1.54) is 17.7 Å². The van der Waals surface area contributed by atoms with Gasteiger partial charge in [0.15, 0.2) is 0 Å². The van der Waals surface area contributed by atoms with Crippen molar-refractivity contribution in [2.45, 2.75) is 23.3 Å². The van der Waals surface area contributed by atoms with E-state index in [1.54, 1.807) is 23.9 Å². The fraction of sp³-hybridized carbons (Fsp3) is 0.0870. The molecule has 0 saturated heterocycles. The molecule has 1 amide bonds. The normalized spacial score (nSPS) is 10.9. The summed E-state index contributed by atoms with van der Waals surface area (Å²) in [4.78, 5) is 18.1. The molecule has 3 aromatic carbocycles. The first-order chi connectivity index (χ1) is 13.6. The molecule has 0 fully saturated rings. The van der Waals surface area contributed by atoms with E-state index in [0.29, 0.717) is 12.2 Å². The van der Waals surface area contributed by atoms with Gasteiger partial charge in [-0.15, -0.1) is 0 Å². The second-order valence-corrected chi connectivity index (χ2v) is 7.68. The first-order valence-electron chi connectivity index (χ1n) is 8.98. The number of para-hydroxylation sites is 1. The van der Waals surface area contributed by atoms with Crippen LogP contribution in [0.1, 0.15) is 21.6 Å². The molecule has 0 aliphatic carbocycles. The van der Waals surface area contributed by atoms with Crippen molar-refractivity contribution >= 4 is 28.6 Å². The second-order valence-electron chi connectivity index (χ2n) is 6.60. The van der Waals surface area contributed by atoms with Gasteiger partial charge in [0.1, 0.15) is 11.5 Å². The van der Waals surface area contributed by atoms with Gasteiger partial charge in [0.2, 0.25) is 0 Å². The topological polar surface area (TPSA) is 44.9 Å². The Hall–Kier alpha value is -3.05. The SMILES string of the molecule is Cc1ccc(Sc2c(C(=O)NCc3ccc(F)cc3)[nH]c3ccccc23)cc1. The third kappa shape index (κ3) is 3.94. The highest BCUT2D eigenvalue weighted by Gasteiger charge is 2.18.